The summed E-state index contributed by atoms with van der Waals surface area (Å²) >= 11 is 0. The highest BCUT2D eigenvalue weighted by atomic mass is 16.6. The average Bonchev–Trinajstić information content (AvgIpc) is 3.27. The number of unbranched alkanes of at least 4 members (excludes halogenated alkanes) is 5. The summed E-state index contributed by atoms with van der Waals surface area (Å²) in [6, 6.07) is 8.32. The molecule has 1 aromatic rings. The molecule has 0 amide bonds. The fourth-order valence-electron chi connectivity index (χ4n) is 2.44. The number of allylic oxidation sites excluding steroid dienone is 2. The number of ether oxygens (including phenoxy) is 2. The van der Waals surface area contributed by atoms with Crippen LogP contribution in [0.5, 0.6) is 5.75 Å². The van der Waals surface area contributed by atoms with Gasteiger partial charge in [0.25, 0.3) is 0 Å². The molecule has 2 heteroatoms. The van der Waals surface area contributed by atoms with E-state index < -0.39 is 0 Å². The van der Waals surface area contributed by atoms with E-state index in [4.69, 9.17) is 9.47 Å². The Kier molecular flexibility index (Phi) is 6.98. The largest absolute Gasteiger partial charge is 0.490 e. The van der Waals surface area contributed by atoms with Gasteiger partial charge in [-0.1, -0.05) is 63.0 Å². The van der Waals surface area contributed by atoms with Crippen molar-refractivity contribution in [3.8, 4) is 5.75 Å². The third-order valence-electron chi connectivity index (χ3n) is 4.12. The summed E-state index contributed by atoms with van der Waals surface area (Å²) in [5, 5.41) is 0. The van der Waals surface area contributed by atoms with Gasteiger partial charge in [-0.05, 0) is 37.8 Å². The van der Waals surface area contributed by atoms with Gasteiger partial charge in [0.1, 0.15) is 18.0 Å². The van der Waals surface area contributed by atoms with E-state index in [2.05, 4.69) is 44.2 Å². The van der Waals surface area contributed by atoms with Gasteiger partial charge in [0.15, 0.2) is 0 Å². The number of para-hydroxylation sites is 1. The van der Waals surface area contributed by atoms with Crippen LogP contribution in [0.4, 0.5) is 0 Å². The van der Waals surface area contributed by atoms with E-state index in [0.717, 1.165) is 18.8 Å². The monoisotopic (exact) mass is 302 g/mol. The predicted molar refractivity (Wildman–Crippen MR) is 92.5 cm³/mol. The molecule has 1 heterocycles. The zero-order valence-corrected chi connectivity index (χ0v) is 14.1. The average molecular weight is 302 g/mol. The van der Waals surface area contributed by atoms with Gasteiger partial charge < -0.3 is 9.47 Å². The molecule has 1 atom stereocenters. The van der Waals surface area contributed by atoms with Gasteiger partial charge in [-0.15, -0.1) is 0 Å². The SMILES string of the molecule is CCCCCCC/C=C/Cc1ccccc1OCC1(C)CO1. The summed E-state index contributed by atoms with van der Waals surface area (Å²) in [6.07, 6.45) is 13.5. The Balaban J connectivity index is 1.70. The van der Waals surface area contributed by atoms with E-state index in [1.165, 1.54) is 44.1 Å². The first-order valence-corrected chi connectivity index (χ1v) is 8.73. The molecule has 1 saturated heterocycles. The molecule has 2 rings (SSSR count). The minimum Gasteiger partial charge on any atom is -0.490 e. The first kappa shape index (κ1) is 17.1. The van der Waals surface area contributed by atoms with Crippen LogP contribution in [0.25, 0.3) is 0 Å². The van der Waals surface area contributed by atoms with Crippen LogP contribution in [0, 0.1) is 0 Å². The van der Waals surface area contributed by atoms with Crippen LogP contribution < -0.4 is 4.74 Å². The van der Waals surface area contributed by atoms with Crippen LogP contribution in [0.15, 0.2) is 36.4 Å². The summed E-state index contributed by atoms with van der Waals surface area (Å²) in [5.41, 5.74) is 1.20. The van der Waals surface area contributed by atoms with Crippen molar-refractivity contribution in [2.75, 3.05) is 13.2 Å². The van der Waals surface area contributed by atoms with Gasteiger partial charge >= 0.3 is 0 Å². The minimum absolute atomic E-state index is 0.0541. The number of hydrogen-bond acceptors (Lipinski definition) is 2. The molecule has 0 bridgehead atoms. The molecule has 122 valence electrons. The Morgan fingerprint density at radius 3 is 2.68 bits per heavy atom. The molecule has 0 radical (unpaired) electrons. The molecular weight excluding hydrogens is 272 g/mol. The van der Waals surface area contributed by atoms with Crippen molar-refractivity contribution in [1.82, 2.24) is 0 Å². The van der Waals surface area contributed by atoms with Crippen LogP contribution in [0.3, 0.4) is 0 Å². The van der Waals surface area contributed by atoms with Crippen molar-refractivity contribution < 1.29 is 9.47 Å². The van der Waals surface area contributed by atoms with E-state index in [1.807, 2.05) is 6.07 Å². The summed E-state index contributed by atoms with van der Waals surface area (Å²) in [4.78, 5) is 0. The molecule has 1 aliphatic heterocycles. The number of hydrogen-bond donors (Lipinski definition) is 0. The van der Waals surface area contributed by atoms with E-state index >= 15 is 0 Å². The van der Waals surface area contributed by atoms with Crippen LogP contribution in [-0.4, -0.2) is 18.8 Å². The van der Waals surface area contributed by atoms with E-state index in [0.29, 0.717) is 6.61 Å². The summed E-state index contributed by atoms with van der Waals surface area (Å²) in [5.74, 6) is 0.992. The lowest BCUT2D eigenvalue weighted by Gasteiger charge is -2.12. The molecule has 0 spiro atoms. The third kappa shape index (κ3) is 6.23. The highest BCUT2D eigenvalue weighted by molar-refractivity contribution is 5.35. The van der Waals surface area contributed by atoms with Crippen molar-refractivity contribution in [2.45, 2.75) is 64.4 Å². The molecule has 2 nitrogen and oxygen atoms in total. The van der Waals surface area contributed by atoms with E-state index in [1.54, 1.807) is 0 Å². The Morgan fingerprint density at radius 1 is 1.14 bits per heavy atom. The lowest BCUT2D eigenvalue weighted by molar-refractivity contribution is 0.201. The molecule has 1 aromatic carbocycles. The second-order valence-corrected chi connectivity index (χ2v) is 6.51. The van der Waals surface area contributed by atoms with Gasteiger partial charge in [-0.25, -0.2) is 0 Å². The topological polar surface area (TPSA) is 21.8 Å². The molecule has 0 aromatic heterocycles. The predicted octanol–water partition coefficient (Wildman–Crippen LogP) is 5.31. The van der Waals surface area contributed by atoms with Gasteiger partial charge in [0.05, 0.1) is 6.61 Å². The fraction of sp³-hybridized carbons (Fsp3) is 0.600. The van der Waals surface area contributed by atoms with E-state index in [9.17, 15) is 0 Å². The zero-order chi connectivity index (χ0) is 15.7. The lowest BCUT2D eigenvalue weighted by atomic mass is 10.1. The summed E-state index contributed by atoms with van der Waals surface area (Å²) in [7, 11) is 0. The Bertz CT molecular complexity index is 461. The molecule has 22 heavy (non-hydrogen) atoms. The van der Waals surface area contributed by atoms with E-state index in [-0.39, 0.29) is 5.60 Å². The summed E-state index contributed by atoms with van der Waals surface area (Å²) < 4.78 is 11.3. The molecule has 0 aliphatic carbocycles. The molecule has 1 aliphatic rings. The number of rotatable bonds is 11. The molecular formula is C20H30O2. The number of benzene rings is 1. The van der Waals surface area contributed by atoms with Crippen LogP contribution in [0.2, 0.25) is 0 Å². The molecule has 0 saturated carbocycles. The maximum absolute atomic E-state index is 5.93. The Morgan fingerprint density at radius 2 is 1.91 bits per heavy atom. The highest BCUT2D eigenvalue weighted by Crippen LogP contribution is 2.28. The van der Waals surface area contributed by atoms with Gasteiger partial charge in [0.2, 0.25) is 0 Å². The quantitative estimate of drug-likeness (QED) is 0.314. The first-order valence-electron chi connectivity index (χ1n) is 8.73. The standard InChI is InChI=1S/C20H30O2/c1-3-4-5-6-7-8-9-10-13-18-14-11-12-15-19(18)21-16-20(2)17-22-20/h9-12,14-15H,3-8,13,16-17H2,1-2H3/b10-9+. The maximum atomic E-state index is 5.93. The third-order valence-corrected chi connectivity index (χ3v) is 4.12. The highest BCUT2D eigenvalue weighted by Gasteiger charge is 2.40. The van der Waals surface area contributed by atoms with Crippen LogP contribution in [-0.2, 0) is 11.2 Å². The smallest absolute Gasteiger partial charge is 0.123 e. The van der Waals surface area contributed by atoms with Crippen molar-refractivity contribution in [3.63, 3.8) is 0 Å². The first-order chi connectivity index (χ1) is 10.7. The van der Waals surface area contributed by atoms with Crippen molar-refractivity contribution in [2.24, 2.45) is 0 Å². The normalized spacial score (nSPS) is 20.5. The second-order valence-electron chi connectivity index (χ2n) is 6.51. The van der Waals surface area contributed by atoms with Crippen molar-refractivity contribution in [1.29, 1.82) is 0 Å². The lowest BCUT2D eigenvalue weighted by Crippen LogP contribution is -2.17. The van der Waals surface area contributed by atoms with Gasteiger partial charge in [-0.2, -0.15) is 0 Å². The molecule has 1 fully saturated rings. The number of epoxide rings is 1. The minimum atomic E-state index is -0.0541. The zero-order valence-electron chi connectivity index (χ0n) is 14.1. The van der Waals surface area contributed by atoms with Crippen LogP contribution in [0.1, 0.15) is 57.9 Å². The van der Waals surface area contributed by atoms with Crippen molar-refractivity contribution in [3.05, 3.63) is 42.0 Å². The van der Waals surface area contributed by atoms with Crippen molar-refractivity contribution >= 4 is 0 Å². The summed E-state index contributed by atoms with van der Waals surface area (Å²) in [6.45, 7) is 5.81. The Labute approximate surface area is 135 Å². The molecule has 0 N–H and O–H groups in total. The van der Waals surface area contributed by atoms with Gasteiger partial charge in [-0.3, -0.25) is 0 Å². The van der Waals surface area contributed by atoms with Crippen LogP contribution >= 0.6 is 0 Å². The van der Waals surface area contributed by atoms with Gasteiger partial charge in [0, 0.05) is 0 Å². The Hall–Kier alpha value is -1.28. The maximum Gasteiger partial charge on any atom is 0.123 e. The fourth-order valence-corrected chi connectivity index (χ4v) is 2.44. The second kappa shape index (κ2) is 8.99. The molecule has 1 unspecified atom stereocenters.